The van der Waals surface area contributed by atoms with Crippen molar-refractivity contribution >= 4 is 11.5 Å². The lowest BCUT2D eigenvalue weighted by atomic mass is 10.2. The van der Waals surface area contributed by atoms with Gasteiger partial charge in [-0.15, -0.1) is 14.8 Å². The van der Waals surface area contributed by atoms with Gasteiger partial charge in [-0.25, -0.2) is 0 Å². The molecule has 0 aliphatic heterocycles. The van der Waals surface area contributed by atoms with E-state index in [1.807, 2.05) is 18.2 Å². The first-order valence-electron chi connectivity index (χ1n) is 7.25. The molecule has 7 heteroatoms. The normalized spacial score (nSPS) is 12.7. The summed E-state index contributed by atoms with van der Waals surface area (Å²) in [6.45, 7) is 3.96. The highest BCUT2D eigenvalue weighted by atomic mass is 15.6. The predicted octanol–water partition coefficient (Wildman–Crippen LogP) is 1.45. The zero-order valence-electron chi connectivity index (χ0n) is 12.7. The Morgan fingerprint density at radius 3 is 2.82 bits per heavy atom. The fourth-order valence-electron chi connectivity index (χ4n) is 2.45. The molecule has 1 atom stereocenters. The van der Waals surface area contributed by atoms with Crippen molar-refractivity contribution in [2.24, 2.45) is 0 Å². The molecule has 1 aromatic carbocycles. The van der Waals surface area contributed by atoms with Crippen molar-refractivity contribution in [2.45, 2.75) is 19.5 Å². The SMILES string of the molecule is CC(CN(C)Cc1ccccc1)Nc1ccc2nnnn2n1. The second-order valence-corrected chi connectivity index (χ2v) is 5.47. The third-order valence-corrected chi connectivity index (χ3v) is 3.34. The number of hydrogen-bond donors (Lipinski definition) is 1. The van der Waals surface area contributed by atoms with Crippen LogP contribution in [0.25, 0.3) is 5.65 Å². The lowest BCUT2D eigenvalue weighted by Gasteiger charge is -2.22. The minimum Gasteiger partial charge on any atom is -0.365 e. The molecule has 0 aliphatic carbocycles. The number of aromatic nitrogens is 5. The number of nitrogens with zero attached hydrogens (tertiary/aromatic N) is 6. The Morgan fingerprint density at radius 1 is 1.18 bits per heavy atom. The number of nitrogens with one attached hydrogen (secondary N) is 1. The summed E-state index contributed by atoms with van der Waals surface area (Å²) in [5.74, 6) is 0.764. The summed E-state index contributed by atoms with van der Waals surface area (Å²) < 4.78 is 1.42. The highest BCUT2D eigenvalue weighted by Gasteiger charge is 2.08. The van der Waals surface area contributed by atoms with Crippen molar-refractivity contribution in [1.82, 2.24) is 30.2 Å². The van der Waals surface area contributed by atoms with Gasteiger partial charge < -0.3 is 10.2 Å². The monoisotopic (exact) mass is 297 g/mol. The van der Waals surface area contributed by atoms with Crippen LogP contribution in [0.1, 0.15) is 12.5 Å². The molecule has 1 unspecified atom stereocenters. The van der Waals surface area contributed by atoms with Crippen LogP contribution in [0, 0.1) is 0 Å². The van der Waals surface area contributed by atoms with E-state index in [1.54, 1.807) is 0 Å². The van der Waals surface area contributed by atoms with E-state index in [2.05, 4.69) is 69.1 Å². The molecule has 0 spiro atoms. The molecule has 22 heavy (non-hydrogen) atoms. The lowest BCUT2D eigenvalue weighted by Crippen LogP contribution is -2.32. The van der Waals surface area contributed by atoms with Crippen LogP contribution in [-0.4, -0.2) is 49.8 Å². The molecule has 3 aromatic rings. The zero-order valence-corrected chi connectivity index (χ0v) is 12.7. The van der Waals surface area contributed by atoms with Gasteiger partial charge in [0.05, 0.1) is 0 Å². The molecule has 3 rings (SSSR count). The molecule has 2 heterocycles. The van der Waals surface area contributed by atoms with Crippen LogP contribution in [0.2, 0.25) is 0 Å². The second-order valence-electron chi connectivity index (χ2n) is 5.47. The van der Waals surface area contributed by atoms with Crippen LogP contribution in [0.15, 0.2) is 42.5 Å². The van der Waals surface area contributed by atoms with Gasteiger partial charge in [-0.1, -0.05) is 30.3 Å². The van der Waals surface area contributed by atoms with Crippen LogP contribution in [0.4, 0.5) is 5.82 Å². The molecular weight excluding hydrogens is 278 g/mol. The molecule has 0 saturated carbocycles. The molecular formula is C15H19N7. The summed E-state index contributed by atoms with van der Waals surface area (Å²) in [5, 5.41) is 18.9. The minimum absolute atomic E-state index is 0.259. The molecule has 114 valence electrons. The first kappa shape index (κ1) is 14.4. The van der Waals surface area contributed by atoms with Crippen molar-refractivity contribution < 1.29 is 0 Å². The maximum atomic E-state index is 4.32. The van der Waals surface area contributed by atoms with E-state index < -0.39 is 0 Å². The van der Waals surface area contributed by atoms with Gasteiger partial charge in [-0.2, -0.15) is 0 Å². The van der Waals surface area contributed by atoms with E-state index in [4.69, 9.17) is 0 Å². The first-order chi connectivity index (χ1) is 10.7. The smallest absolute Gasteiger partial charge is 0.200 e. The minimum atomic E-state index is 0.259. The van der Waals surface area contributed by atoms with Crippen molar-refractivity contribution in [3.8, 4) is 0 Å². The number of anilines is 1. The van der Waals surface area contributed by atoms with Crippen LogP contribution in [-0.2, 0) is 6.54 Å². The molecule has 0 fully saturated rings. The van der Waals surface area contributed by atoms with E-state index in [0.29, 0.717) is 5.65 Å². The third-order valence-electron chi connectivity index (χ3n) is 3.34. The summed E-state index contributed by atoms with van der Waals surface area (Å²) in [7, 11) is 2.11. The van der Waals surface area contributed by atoms with Gasteiger partial charge in [0, 0.05) is 19.1 Å². The summed E-state index contributed by atoms with van der Waals surface area (Å²) in [6.07, 6.45) is 0. The predicted molar refractivity (Wildman–Crippen MR) is 84.4 cm³/mol. The van der Waals surface area contributed by atoms with Crippen molar-refractivity contribution in [3.63, 3.8) is 0 Å². The molecule has 1 N–H and O–H groups in total. The Kier molecular flexibility index (Phi) is 4.24. The lowest BCUT2D eigenvalue weighted by molar-refractivity contribution is 0.316. The fourth-order valence-corrected chi connectivity index (χ4v) is 2.45. The summed E-state index contributed by atoms with van der Waals surface area (Å²) in [4.78, 5) is 2.28. The molecule has 0 radical (unpaired) electrons. The number of likely N-dealkylation sites (N-methyl/N-ethyl adjacent to an activating group) is 1. The van der Waals surface area contributed by atoms with E-state index in [9.17, 15) is 0 Å². The molecule has 0 amide bonds. The standard InChI is InChI=1S/C15H19N7/c1-12(10-21(2)11-13-6-4-3-5-7-13)16-14-8-9-15-17-19-20-22(15)18-14/h3-9,12H,10-11H2,1-2H3,(H,16,18). The molecule has 0 saturated heterocycles. The van der Waals surface area contributed by atoms with Gasteiger partial charge in [0.15, 0.2) is 5.65 Å². The average molecular weight is 297 g/mol. The van der Waals surface area contributed by atoms with Crippen molar-refractivity contribution in [2.75, 3.05) is 18.9 Å². The van der Waals surface area contributed by atoms with Crippen LogP contribution in [0.3, 0.4) is 0 Å². The Bertz CT molecular complexity index is 725. The van der Waals surface area contributed by atoms with Crippen LogP contribution in [0.5, 0.6) is 0 Å². The maximum Gasteiger partial charge on any atom is 0.200 e. The van der Waals surface area contributed by atoms with Gasteiger partial charge in [0.2, 0.25) is 0 Å². The molecule has 7 nitrogen and oxygen atoms in total. The molecule has 2 aromatic heterocycles. The first-order valence-corrected chi connectivity index (χ1v) is 7.25. The van der Waals surface area contributed by atoms with Crippen LogP contribution < -0.4 is 5.32 Å². The largest absolute Gasteiger partial charge is 0.365 e. The van der Waals surface area contributed by atoms with Gasteiger partial charge in [0.1, 0.15) is 5.82 Å². The number of benzene rings is 1. The van der Waals surface area contributed by atoms with E-state index in [0.717, 1.165) is 18.9 Å². The quantitative estimate of drug-likeness (QED) is 0.742. The number of tetrazole rings is 1. The topological polar surface area (TPSA) is 71.2 Å². The van der Waals surface area contributed by atoms with Crippen molar-refractivity contribution in [3.05, 3.63) is 48.0 Å². The zero-order chi connectivity index (χ0) is 15.4. The Balaban J connectivity index is 1.56. The Labute approximate surface area is 128 Å². The van der Waals surface area contributed by atoms with Crippen molar-refractivity contribution in [1.29, 1.82) is 0 Å². The Hall–Kier alpha value is -2.54. The maximum absolute atomic E-state index is 4.32. The number of hydrogen-bond acceptors (Lipinski definition) is 6. The van der Waals surface area contributed by atoms with Gasteiger partial charge >= 0.3 is 0 Å². The van der Waals surface area contributed by atoms with Gasteiger partial charge in [-0.05, 0) is 42.1 Å². The second kappa shape index (κ2) is 6.48. The van der Waals surface area contributed by atoms with E-state index in [-0.39, 0.29) is 6.04 Å². The highest BCUT2D eigenvalue weighted by Crippen LogP contribution is 2.07. The Morgan fingerprint density at radius 2 is 2.00 bits per heavy atom. The third kappa shape index (κ3) is 3.56. The summed E-state index contributed by atoms with van der Waals surface area (Å²) in [5.41, 5.74) is 1.95. The van der Waals surface area contributed by atoms with Gasteiger partial charge in [0.25, 0.3) is 0 Å². The van der Waals surface area contributed by atoms with Crippen LogP contribution >= 0.6 is 0 Å². The fraction of sp³-hybridized carbons (Fsp3) is 0.333. The molecule has 0 aliphatic rings. The number of fused-ring (bicyclic) bond motifs is 1. The van der Waals surface area contributed by atoms with Gasteiger partial charge in [-0.3, -0.25) is 0 Å². The van der Waals surface area contributed by atoms with E-state index in [1.165, 1.54) is 10.2 Å². The van der Waals surface area contributed by atoms with E-state index >= 15 is 0 Å². The summed E-state index contributed by atoms with van der Waals surface area (Å²) >= 11 is 0. The number of rotatable bonds is 6. The highest BCUT2D eigenvalue weighted by molar-refractivity contribution is 5.42. The summed E-state index contributed by atoms with van der Waals surface area (Å²) in [6, 6.07) is 14.4. The average Bonchev–Trinajstić information content (AvgIpc) is 2.95. The molecule has 0 bridgehead atoms.